The van der Waals surface area contributed by atoms with Crippen LogP contribution in [-0.4, -0.2) is 46.9 Å². The Kier molecular flexibility index (Phi) is 7.62. The van der Waals surface area contributed by atoms with Crippen LogP contribution in [0.25, 0.3) is 0 Å². The van der Waals surface area contributed by atoms with E-state index >= 15 is 0 Å². The van der Waals surface area contributed by atoms with Crippen LogP contribution in [0, 0.1) is 0 Å². The lowest BCUT2D eigenvalue weighted by molar-refractivity contribution is -0.107. The van der Waals surface area contributed by atoms with E-state index in [2.05, 4.69) is 0 Å². The Bertz CT molecular complexity index is 378. The topological polar surface area (TPSA) is 54.0 Å². The van der Waals surface area contributed by atoms with Crippen LogP contribution in [0.4, 0.5) is 0 Å². The second-order valence-electron chi connectivity index (χ2n) is 3.83. The Balaban J connectivity index is 2.71. The molecule has 0 bridgehead atoms. The highest BCUT2D eigenvalue weighted by molar-refractivity contribution is 5.56. The van der Waals surface area contributed by atoms with E-state index in [0.29, 0.717) is 44.3 Å². The highest BCUT2D eigenvalue weighted by Crippen LogP contribution is 2.28. The first kappa shape index (κ1) is 15.5. The van der Waals surface area contributed by atoms with Gasteiger partial charge in [-0.1, -0.05) is 6.07 Å². The third-order valence-corrected chi connectivity index (χ3v) is 2.42. The summed E-state index contributed by atoms with van der Waals surface area (Å²) in [5.74, 6) is 1.26. The molecule has 1 rings (SSSR count). The maximum atomic E-state index is 10.5. The van der Waals surface area contributed by atoms with Gasteiger partial charge in [-0.2, -0.15) is 0 Å². The first-order valence-electron chi connectivity index (χ1n) is 6.11. The highest BCUT2D eigenvalue weighted by Gasteiger charge is 2.07. The van der Waals surface area contributed by atoms with Crippen molar-refractivity contribution in [1.82, 2.24) is 0 Å². The summed E-state index contributed by atoms with van der Waals surface area (Å²) in [4.78, 5) is 10.5. The molecule has 5 nitrogen and oxygen atoms in total. The van der Waals surface area contributed by atoms with E-state index in [-0.39, 0.29) is 0 Å². The van der Waals surface area contributed by atoms with Crippen molar-refractivity contribution in [1.29, 1.82) is 0 Å². The zero-order chi connectivity index (χ0) is 13.9. The number of methoxy groups -OCH3 is 2. The largest absolute Gasteiger partial charge is 0.487 e. The summed E-state index contributed by atoms with van der Waals surface area (Å²) < 4.78 is 21.0. The van der Waals surface area contributed by atoms with Crippen molar-refractivity contribution in [2.75, 3.05) is 40.6 Å². The van der Waals surface area contributed by atoms with Crippen LogP contribution in [0.2, 0.25) is 0 Å². The van der Waals surface area contributed by atoms with E-state index < -0.39 is 0 Å². The van der Waals surface area contributed by atoms with Gasteiger partial charge in [0.2, 0.25) is 0 Å². The molecular weight excluding hydrogens is 248 g/mol. The number of hydrogen-bond acceptors (Lipinski definition) is 5. The van der Waals surface area contributed by atoms with Crippen LogP contribution in [0.1, 0.15) is 5.56 Å². The van der Waals surface area contributed by atoms with Crippen molar-refractivity contribution in [3.63, 3.8) is 0 Å². The monoisotopic (exact) mass is 268 g/mol. The number of carbonyl (C=O) groups excluding carboxylic acids is 1. The lowest BCUT2D eigenvalue weighted by atomic mass is 10.1. The van der Waals surface area contributed by atoms with E-state index in [1.54, 1.807) is 20.3 Å². The molecule has 0 amide bonds. The summed E-state index contributed by atoms with van der Waals surface area (Å²) in [6.07, 6.45) is 1.22. The van der Waals surface area contributed by atoms with Gasteiger partial charge < -0.3 is 23.7 Å². The third kappa shape index (κ3) is 5.72. The van der Waals surface area contributed by atoms with E-state index in [1.807, 2.05) is 12.1 Å². The molecule has 0 aliphatic rings. The SMILES string of the molecule is COCCOc1ccc(CC=O)cc1OCCOC. The van der Waals surface area contributed by atoms with Gasteiger partial charge in [0.15, 0.2) is 11.5 Å². The second-order valence-corrected chi connectivity index (χ2v) is 3.83. The van der Waals surface area contributed by atoms with Crippen LogP contribution >= 0.6 is 0 Å². The summed E-state index contributed by atoms with van der Waals surface area (Å²) in [6.45, 7) is 1.88. The number of hydrogen-bond donors (Lipinski definition) is 0. The highest BCUT2D eigenvalue weighted by atomic mass is 16.5. The Labute approximate surface area is 113 Å². The van der Waals surface area contributed by atoms with Crippen molar-refractivity contribution in [2.24, 2.45) is 0 Å². The molecule has 0 heterocycles. The van der Waals surface area contributed by atoms with Crippen LogP contribution in [0.3, 0.4) is 0 Å². The molecule has 0 N–H and O–H groups in total. The molecule has 19 heavy (non-hydrogen) atoms. The zero-order valence-corrected chi connectivity index (χ0v) is 11.4. The quantitative estimate of drug-likeness (QED) is 0.475. The van der Waals surface area contributed by atoms with Crippen LogP contribution in [0.15, 0.2) is 18.2 Å². The average molecular weight is 268 g/mol. The number of rotatable bonds is 10. The summed E-state index contributed by atoms with van der Waals surface area (Å²) in [5.41, 5.74) is 0.890. The molecule has 0 aromatic heterocycles. The molecule has 106 valence electrons. The van der Waals surface area contributed by atoms with Gasteiger partial charge in [-0.05, 0) is 17.7 Å². The van der Waals surface area contributed by atoms with Crippen molar-refractivity contribution in [3.8, 4) is 11.5 Å². The Morgan fingerprint density at radius 1 is 0.947 bits per heavy atom. The number of benzene rings is 1. The molecule has 0 saturated heterocycles. The minimum atomic E-state index is 0.360. The van der Waals surface area contributed by atoms with Crippen molar-refractivity contribution < 1.29 is 23.7 Å². The van der Waals surface area contributed by atoms with Gasteiger partial charge in [0.1, 0.15) is 19.5 Å². The molecule has 0 aliphatic carbocycles. The van der Waals surface area contributed by atoms with E-state index in [1.165, 1.54) is 0 Å². The molecule has 0 radical (unpaired) electrons. The van der Waals surface area contributed by atoms with E-state index in [9.17, 15) is 4.79 Å². The maximum Gasteiger partial charge on any atom is 0.161 e. The second kappa shape index (κ2) is 9.35. The van der Waals surface area contributed by atoms with Gasteiger partial charge in [-0.15, -0.1) is 0 Å². The standard InChI is InChI=1S/C14H20O5/c1-16-7-9-18-13-4-3-12(5-6-15)11-14(13)19-10-8-17-2/h3-4,6,11H,5,7-10H2,1-2H3. The maximum absolute atomic E-state index is 10.5. The molecule has 1 aromatic carbocycles. The summed E-state index contributed by atoms with van der Waals surface area (Å²) in [5, 5.41) is 0. The molecule has 0 aliphatic heterocycles. The van der Waals surface area contributed by atoms with E-state index in [4.69, 9.17) is 18.9 Å². The predicted molar refractivity (Wildman–Crippen MR) is 71.0 cm³/mol. The number of carbonyl (C=O) groups is 1. The van der Waals surface area contributed by atoms with E-state index in [0.717, 1.165) is 11.8 Å². The fraction of sp³-hybridized carbons (Fsp3) is 0.500. The van der Waals surface area contributed by atoms with Crippen LogP contribution in [-0.2, 0) is 20.7 Å². The van der Waals surface area contributed by atoms with Gasteiger partial charge in [0.05, 0.1) is 13.2 Å². The first-order valence-corrected chi connectivity index (χ1v) is 6.11. The van der Waals surface area contributed by atoms with Gasteiger partial charge in [0, 0.05) is 20.6 Å². The van der Waals surface area contributed by atoms with Crippen LogP contribution in [0.5, 0.6) is 11.5 Å². The molecule has 0 fully saturated rings. The minimum absolute atomic E-state index is 0.360. The molecule has 0 spiro atoms. The molecule has 0 unspecified atom stereocenters. The Morgan fingerprint density at radius 2 is 1.58 bits per heavy atom. The summed E-state index contributed by atoms with van der Waals surface area (Å²) in [7, 11) is 3.23. The first-order chi connectivity index (χ1) is 9.31. The van der Waals surface area contributed by atoms with Crippen LogP contribution < -0.4 is 9.47 Å². The summed E-state index contributed by atoms with van der Waals surface area (Å²) in [6, 6.07) is 5.46. The lowest BCUT2D eigenvalue weighted by Crippen LogP contribution is -2.08. The summed E-state index contributed by atoms with van der Waals surface area (Å²) >= 11 is 0. The molecular formula is C14H20O5. The molecule has 0 saturated carbocycles. The Morgan fingerprint density at radius 3 is 2.16 bits per heavy atom. The number of aldehydes is 1. The molecule has 1 aromatic rings. The average Bonchev–Trinajstić information content (AvgIpc) is 2.42. The molecule has 0 atom stereocenters. The van der Waals surface area contributed by atoms with Gasteiger partial charge in [-0.3, -0.25) is 0 Å². The Hall–Kier alpha value is -1.59. The van der Waals surface area contributed by atoms with Crippen molar-refractivity contribution in [2.45, 2.75) is 6.42 Å². The van der Waals surface area contributed by atoms with Gasteiger partial charge in [0.25, 0.3) is 0 Å². The zero-order valence-electron chi connectivity index (χ0n) is 11.4. The van der Waals surface area contributed by atoms with Crippen molar-refractivity contribution >= 4 is 6.29 Å². The lowest BCUT2D eigenvalue weighted by Gasteiger charge is -2.13. The van der Waals surface area contributed by atoms with Crippen molar-refractivity contribution in [3.05, 3.63) is 23.8 Å². The van der Waals surface area contributed by atoms with Gasteiger partial charge in [-0.25, -0.2) is 0 Å². The minimum Gasteiger partial charge on any atom is -0.487 e. The predicted octanol–water partition coefficient (Wildman–Crippen LogP) is 1.48. The number of ether oxygens (including phenoxy) is 4. The fourth-order valence-corrected chi connectivity index (χ4v) is 1.48. The molecule has 5 heteroatoms. The normalized spacial score (nSPS) is 10.2. The van der Waals surface area contributed by atoms with Gasteiger partial charge >= 0.3 is 0 Å². The fourth-order valence-electron chi connectivity index (χ4n) is 1.48. The smallest absolute Gasteiger partial charge is 0.161 e. The third-order valence-electron chi connectivity index (χ3n) is 2.42.